The maximum atomic E-state index is 11.8. The number of hydrogen-bond donors (Lipinski definition) is 5. The molecule has 0 fully saturated rings. The van der Waals surface area contributed by atoms with Gasteiger partial charge in [0.1, 0.15) is 6.04 Å². The highest BCUT2D eigenvalue weighted by Gasteiger charge is 2.19. The zero-order valence-electron chi connectivity index (χ0n) is 11.2. The van der Waals surface area contributed by atoms with E-state index in [4.69, 9.17) is 10.2 Å². The van der Waals surface area contributed by atoms with Crippen LogP contribution in [-0.4, -0.2) is 41.9 Å². The summed E-state index contributed by atoms with van der Waals surface area (Å²) in [6.07, 6.45) is -0.0408. The summed E-state index contributed by atoms with van der Waals surface area (Å²) in [6.45, 7) is 0.267. The Morgan fingerprint density at radius 2 is 2.00 bits per heavy atom. The molecule has 0 saturated heterocycles. The average molecular weight is 281 g/mol. The van der Waals surface area contributed by atoms with Gasteiger partial charge in [-0.15, -0.1) is 0 Å². The minimum Gasteiger partial charge on any atom is -0.480 e. The maximum absolute atomic E-state index is 11.8. The van der Waals surface area contributed by atoms with Gasteiger partial charge in [-0.2, -0.15) is 0 Å². The minimum atomic E-state index is -1.18. The number of carboxylic acid groups (broad SMARTS) is 1. The monoisotopic (exact) mass is 281 g/mol. The highest BCUT2D eigenvalue weighted by molar-refractivity contribution is 5.92. The van der Waals surface area contributed by atoms with Crippen molar-refractivity contribution in [1.29, 1.82) is 0 Å². The van der Waals surface area contributed by atoms with Crippen molar-refractivity contribution in [2.24, 2.45) is 0 Å². The quantitative estimate of drug-likeness (QED) is 0.496. The van der Waals surface area contributed by atoms with Crippen LogP contribution in [0, 0.1) is 0 Å². The van der Waals surface area contributed by atoms with Gasteiger partial charge in [-0.3, -0.25) is 0 Å². The number of aliphatic carboxylic acids is 1. The second kappa shape index (κ2) is 8.13. The number of nitrogens with one attached hydrogen (secondary N) is 3. The number of para-hydroxylation sites is 1. The Morgan fingerprint density at radius 1 is 1.30 bits per heavy atom. The molecule has 1 aromatic rings. The second-order valence-electron chi connectivity index (χ2n) is 4.19. The third-order valence-electron chi connectivity index (χ3n) is 2.65. The van der Waals surface area contributed by atoms with Gasteiger partial charge in [0, 0.05) is 25.3 Å². The lowest BCUT2D eigenvalue weighted by Crippen LogP contribution is -2.43. The highest BCUT2D eigenvalue weighted by Crippen LogP contribution is 2.14. The summed E-state index contributed by atoms with van der Waals surface area (Å²) in [4.78, 5) is 22.7. The molecule has 20 heavy (non-hydrogen) atoms. The number of carboxylic acids is 1. The number of urea groups is 1. The van der Waals surface area contributed by atoms with Crippen molar-refractivity contribution in [1.82, 2.24) is 10.6 Å². The Labute approximate surface area is 117 Å². The first-order chi connectivity index (χ1) is 9.58. The number of anilines is 1. The molecule has 0 aliphatic rings. The molecule has 7 nitrogen and oxygen atoms in total. The van der Waals surface area contributed by atoms with E-state index in [-0.39, 0.29) is 13.0 Å². The summed E-state index contributed by atoms with van der Waals surface area (Å²) in [7, 11) is 1.79. The molecule has 7 heteroatoms. The summed E-state index contributed by atoms with van der Waals surface area (Å²) in [6, 6.07) is 5.48. The molecule has 0 radical (unpaired) electrons. The summed E-state index contributed by atoms with van der Waals surface area (Å²) in [5.41, 5.74) is 1.49. The Balaban J connectivity index is 2.68. The van der Waals surface area contributed by atoms with Crippen LogP contribution < -0.4 is 16.0 Å². The van der Waals surface area contributed by atoms with Crippen LogP contribution in [0.5, 0.6) is 0 Å². The van der Waals surface area contributed by atoms with E-state index in [1.165, 1.54) is 0 Å². The molecule has 1 aromatic carbocycles. The van der Waals surface area contributed by atoms with Crippen LogP contribution in [0.4, 0.5) is 10.5 Å². The molecule has 5 N–H and O–H groups in total. The van der Waals surface area contributed by atoms with Gasteiger partial charge in [-0.25, -0.2) is 9.59 Å². The number of hydrogen-bond acceptors (Lipinski definition) is 4. The zero-order chi connectivity index (χ0) is 15.0. The average Bonchev–Trinajstić information content (AvgIpc) is 2.40. The van der Waals surface area contributed by atoms with Gasteiger partial charge in [0.05, 0.1) is 0 Å². The minimum absolute atomic E-state index is 0.0408. The van der Waals surface area contributed by atoms with Crippen LogP contribution in [0.25, 0.3) is 0 Å². The third-order valence-corrected chi connectivity index (χ3v) is 2.65. The van der Waals surface area contributed by atoms with Gasteiger partial charge >= 0.3 is 12.0 Å². The van der Waals surface area contributed by atoms with E-state index in [1.54, 1.807) is 19.2 Å². The maximum Gasteiger partial charge on any atom is 0.326 e. The fourth-order valence-electron chi connectivity index (χ4n) is 1.69. The van der Waals surface area contributed by atoms with E-state index >= 15 is 0 Å². The molecule has 0 saturated carbocycles. The van der Waals surface area contributed by atoms with Gasteiger partial charge in [-0.05, 0) is 18.7 Å². The van der Waals surface area contributed by atoms with Crippen molar-refractivity contribution in [2.45, 2.75) is 19.0 Å². The standard InChI is InChI=1S/C13H19N3O4/c1-14-8-9-4-2-3-5-10(9)15-13(20)16-11(6-7-17)12(18)19/h2-5,11,14,17H,6-8H2,1H3,(H,18,19)(H2,15,16,20)/t11-/m0/s1. The molecule has 1 rings (SSSR count). The van der Waals surface area contributed by atoms with Crippen molar-refractivity contribution in [3.8, 4) is 0 Å². The van der Waals surface area contributed by atoms with Crippen LogP contribution in [0.3, 0.4) is 0 Å². The number of rotatable bonds is 7. The van der Waals surface area contributed by atoms with E-state index < -0.39 is 18.0 Å². The lowest BCUT2D eigenvalue weighted by atomic mass is 10.2. The Kier molecular flexibility index (Phi) is 6.48. The fraction of sp³-hybridized carbons (Fsp3) is 0.385. The van der Waals surface area contributed by atoms with E-state index in [0.717, 1.165) is 5.56 Å². The summed E-state index contributed by atoms with van der Waals surface area (Å²) in [5.74, 6) is -1.18. The van der Waals surface area contributed by atoms with Gasteiger partial charge in [0.15, 0.2) is 0 Å². The summed E-state index contributed by atoms with van der Waals surface area (Å²) >= 11 is 0. The van der Waals surface area contributed by atoms with E-state index in [2.05, 4.69) is 16.0 Å². The number of aliphatic hydroxyl groups excluding tert-OH is 1. The molecule has 2 amide bonds. The normalized spacial score (nSPS) is 11.7. The number of carbonyl (C=O) groups is 2. The number of amides is 2. The van der Waals surface area contributed by atoms with E-state index in [9.17, 15) is 9.59 Å². The Bertz CT molecular complexity index is 465. The van der Waals surface area contributed by atoms with Crippen LogP contribution in [-0.2, 0) is 11.3 Å². The van der Waals surface area contributed by atoms with Crippen LogP contribution in [0.2, 0.25) is 0 Å². The van der Waals surface area contributed by atoms with Gasteiger partial charge < -0.3 is 26.2 Å². The first-order valence-electron chi connectivity index (χ1n) is 6.22. The fourth-order valence-corrected chi connectivity index (χ4v) is 1.69. The van der Waals surface area contributed by atoms with Gasteiger partial charge in [0.2, 0.25) is 0 Å². The lowest BCUT2D eigenvalue weighted by molar-refractivity contribution is -0.139. The molecule has 1 atom stereocenters. The Hall–Kier alpha value is -2.12. The number of aliphatic hydroxyl groups is 1. The topological polar surface area (TPSA) is 111 Å². The molecule has 0 aliphatic carbocycles. The third kappa shape index (κ3) is 4.87. The predicted molar refractivity (Wildman–Crippen MR) is 74.5 cm³/mol. The second-order valence-corrected chi connectivity index (χ2v) is 4.19. The van der Waals surface area contributed by atoms with E-state index in [1.807, 2.05) is 12.1 Å². The predicted octanol–water partition coefficient (Wildman–Crippen LogP) is 0.363. The van der Waals surface area contributed by atoms with E-state index in [0.29, 0.717) is 12.2 Å². The molecular weight excluding hydrogens is 262 g/mol. The van der Waals surface area contributed by atoms with Gasteiger partial charge in [-0.1, -0.05) is 18.2 Å². The van der Waals surface area contributed by atoms with Crippen LogP contribution in [0.1, 0.15) is 12.0 Å². The molecule has 0 bridgehead atoms. The van der Waals surface area contributed by atoms with Crippen molar-refractivity contribution < 1.29 is 19.8 Å². The number of carbonyl (C=O) groups excluding carboxylic acids is 1. The largest absolute Gasteiger partial charge is 0.480 e. The van der Waals surface area contributed by atoms with Crippen LogP contribution in [0.15, 0.2) is 24.3 Å². The lowest BCUT2D eigenvalue weighted by Gasteiger charge is -2.15. The van der Waals surface area contributed by atoms with Crippen LogP contribution >= 0.6 is 0 Å². The van der Waals surface area contributed by atoms with Crippen molar-refractivity contribution in [3.63, 3.8) is 0 Å². The molecule has 0 heterocycles. The molecule has 0 aliphatic heterocycles. The van der Waals surface area contributed by atoms with Crippen molar-refractivity contribution in [3.05, 3.63) is 29.8 Å². The SMILES string of the molecule is CNCc1ccccc1NC(=O)N[C@@H](CCO)C(=O)O. The smallest absolute Gasteiger partial charge is 0.326 e. The molecular formula is C13H19N3O4. The first kappa shape index (κ1) is 15.9. The molecule has 0 unspecified atom stereocenters. The molecule has 0 spiro atoms. The van der Waals surface area contributed by atoms with Gasteiger partial charge in [0.25, 0.3) is 0 Å². The van der Waals surface area contributed by atoms with Crippen molar-refractivity contribution >= 4 is 17.7 Å². The summed E-state index contributed by atoms with van der Waals surface area (Å²) in [5, 5.41) is 25.5. The number of benzene rings is 1. The Morgan fingerprint density at radius 3 is 2.60 bits per heavy atom. The molecule has 0 aromatic heterocycles. The van der Waals surface area contributed by atoms with Crippen molar-refractivity contribution in [2.75, 3.05) is 19.0 Å². The highest BCUT2D eigenvalue weighted by atomic mass is 16.4. The molecule has 110 valence electrons. The summed E-state index contributed by atoms with van der Waals surface area (Å²) < 4.78 is 0. The first-order valence-corrected chi connectivity index (χ1v) is 6.22. The zero-order valence-corrected chi connectivity index (χ0v) is 11.2.